The van der Waals surface area contributed by atoms with Crippen molar-refractivity contribution in [1.29, 1.82) is 0 Å². The monoisotopic (exact) mass is 628 g/mol. The molecule has 1 heterocycles. The molecule has 5 nitrogen and oxygen atoms in total. The Balaban J connectivity index is 0.00000188. The summed E-state index contributed by atoms with van der Waals surface area (Å²) in [4.78, 5) is 30.2. The average molecular weight is 630 g/mol. The van der Waals surface area contributed by atoms with Gasteiger partial charge < -0.3 is 9.64 Å². The third-order valence-corrected chi connectivity index (χ3v) is 9.06. The lowest BCUT2D eigenvalue weighted by molar-refractivity contribution is -0.120. The van der Waals surface area contributed by atoms with E-state index in [9.17, 15) is 9.59 Å². The number of hydrogen-bond acceptors (Lipinski definition) is 3. The van der Waals surface area contributed by atoms with Crippen LogP contribution in [0.15, 0.2) is 78.9 Å². The normalized spacial score (nSPS) is 15.0. The van der Waals surface area contributed by atoms with Crippen molar-refractivity contribution in [1.82, 2.24) is 4.90 Å². The fourth-order valence-electron chi connectivity index (χ4n) is 6.17. The standard InChI is InChI=1S/C35H32Cl2N2O3.C2H6/c1-22-6-5-9-32(37)34(22)39-33-19-25(24-12-14-26(40)15-13-24)18-29(28-7-3-4-8-31(28)36)30(33)21-38(35(39)41)20-23-10-16-27(42-2)17-11-23;1-2/h3-11,16-19,24H,12-15,20-21H2,1-2H3;1-2H3. The molecular formula is C37H38Cl2N2O3. The van der Waals surface area contributed by atoms with E-state index >= 15 is 0 Å². The second-order valence-corrected chi connectivity index (χ2v) is 11.9. The van der Waals surface area contributed by atoms with Crippen LogP contribution in [0.25, 0.3) is 11.1 Å². The molecule has 0 atom stereocenters. The van der Waals surface area contributed by atoms with Crippen LogP contribution in [0.3, 0.4) is 0 Å². The second kappa shape index (κ2) is 13.9. The molecule has 44 heavy (non-hydrogen) atoms. The zero-order valence-electron chi connectivity index (χ0n) is 25.7. The Morgan fingerprint density at radius 1 is 0.841 bits per heavy atom. The Morgan fingerprint density at radius 3 is 2.18 bits per heavy atom. The van der Waals surface area contributed by atoms with E-state index in [1.807, 2.05) is 92.4 Å². The van der Waals surface area contributed by atoms with Crippen LogP contribution in [0.2, 0.25) is 10.0 Å². The number of benzene rings is 4. The molecule has 1 aliphatic carbocycles. The van der Waals surface area contributed by atoms with Crippen LogP contribution in [-0.2, 0) is 17.9 Å². The Labute approximate surface area is 270 Å². The average Bonchev–Trinajstić information content (AvgIpc) is 3.04. The molecule has 0 N–H and O–H groups in total. The number of ketones is 1. The topological polar surface area (TPSA) is 49.9 Å². The molecule has 0 spiro atoms. The zero-order chi connectivity index (χ0) is 31.4. The largest absolute Gasteiger partial charge is 0.497 e. The summed E-state index contributed by atoms with van der Waals surface area (Å²) < 4.78 is 5.34. The molecule has 4 aromatic carbocycles. The van der Waals surface area contributed by atoms with Gasteiger partial charge in [-0.15, -0.1) is 0 Å². The number of hydrogen-bond donors (Lipinski definition) is 0. The number of aryl methyl sites for hydroxylation is 1. The van der Waals surface area contributed by atoms with Crippen molar-refractivity contribution < 1.29 is 14.3 Å². The highest BCUT2D eigenvalue weighted by molar-refractivity contribution is 6.34. The predicted octanol–water partition coefficient (Wildman–Crippen LogP) is 10.5. The fourth-order valence-corrected chi connectivity index (χ4v) is 6.72. The number of Topliss-reactive ketones (excluding diaryl/α,β-unsaturated/α-hetero) is 1. The molecule has 0 aromatic heterocycles. The summed E-state index contributed by atoms with van der Waals surface area (Å²) in [6.07, 6.45) is 2.74. The van der Waals surface area contributed by atoms with E-state index in [0.717, 1.165) is 57.7 Å². The molecule has 7 heteroatoms. The predicted molar refractivity (Wildman–Crippen MR) is 180 cm³/mol. The third kappa shape index (κ3) is 6.36. The first-order valence-corrected chi connectivity index (χ1v) is 16.0. The minimum Gasteiger partial charge on any atom is -0.497 e. The molecule has 2 aliphatic rings. The van der Waals surface area contributed by atoms with Gasteiger partial charge in [-0.05, 0) is 78.3 Å². The molecule has 1 fully saturated rings. The van der Waals surface area contributed by atoms with Crippen molar-refractivity contribution in [2.45, 2.75) is 65.5 Å². The second-order valence-electron chi connectivity index (χ2n) is 11.1. The van der Waals surface area contributed by atoms with E-state index in [2.05, 4.69) is 12.1 Å². The summed E-state index contributed by atoms with van der Waals surface area (Å²) >= 11 is 13.7. The number of methoxy groups -OCH3 is 1. The molecule has 0 unspecified atom stereocenters. The van der Waals surface area contributed by atoms with Crippen LogP contribution in [0.1, 0.15) is 67.7 Å². The summed E-state index contributed by atoms with van der Waals surface area (Å²) in [5.41, 5.74) is 7.41. The van der Waals surface area contributed by atoms with Gasteiger partial charge in [-0.1, -0.05) is 85.6 Å². The Bertz CT molecular complexity index is 1640. The van der Waals surface area contributed by atoms with Crippen LogP contribution in [0.5, 0.6) is 5.75 Å². The fraction of sp³-hybridized carbons (Fsp3) is 0.297. The summed E-state index contributed by atoms with van der Waals surface area (Å²) in [6.45, 7) is 6.79. The molecule has 0 bridgehead atoms. The number of fused-ring (bicyclic) bond motifs is 1. The third-order valence-electron chi connectivity index (χ3n) is 8.42. The Morgan fingerprint density at radius 2 is 1.52 bits per heavy atom. The van der Waals surface area contributed by atoms with Crippen molar-refractivity contribution in [3.8, 4) is 16.9 Å². The molecule has 1 saturated carbocycles. The van der Waals surface area contributed by atoms with E-state index in [1.165, 1.54) is 0 Å². The first-order valence-electron chi connectivity index (χ1n) is 15.2. The molecule has 6 rings (SSSR count). The van der Waals surface area contributed by atoms with E-state index in [-0.39, 0.29) is 11.9 Å². The van der Waals surface area contributed by atoms with Gasteiger partial charge in [-0.2, -0.15) is 0 Å². The lowest BCUT2D eigenvalue weighted by Gasteiger charge is -2.40. The van der Waals surface area contributed by atoms with Gasteiger partial charge in [0.2, 0.25) is 0 Å². The lowest BCUT2D eigenvalue weighted by atomic mass is 9.81. The van der Waals surface area contributed by atoms with Gasteiger partial charge in [0.05, 0.1) is 30.1 Å². The van der Waals surface area contributed by atoms with Gasteiger partial charge in [0.25, 0.3) is 0 Å². The maximum absolute atomic E-state index is 14.5. The van der Waals surface area contributed by atoms with Crippen molar-refractivity contribution in [2.75, 3.05) is 12.0 Å². The number of carbonyl (C=O) groups excluding carboxylic acids is 2. The van der Waals surface area contributed by atoms with Crippen LogP contribution in [0, 0.1) is 6.92 Å². The lowest BCUT2D eigenvalue weighted by Crippen LogP contribution is -2.45. The molecule has 1 aliphatic heterocycles. The van der Waals surface area contributed by atoms with E-state index < -0.39 is 0 Å². The van der Waals surface area contributed by atoms with Gasteiger partial charge >= 0.3 is 6.03 Å². The molecule has 228 valence electrons. The molecule has 4 aromatic rings. The van der Waals surface area contributed by atoms with Crippen LogP contribution in [-0.4, -0.2) is 23.8 Å². The van der Waals surface area contributed by atoms with Gasteiger partial charge in [-0.25, -0.2) is 4.79 Å². The van der Waals surface area contributed by atoms with E-state index in [4.69, 9.17) is 27.9 Å². The van der Waals surface area contributed by atoms with Gasteiger partial charge in [0, 0.05) is 35.5 Å². The smallest absolute Gasteiger partial charge is 0.329 e. The van der Waals surface area contributed by atoms with Gasteiger partial charge in [0.1, 0.15) is 11.5 Å². The van der Waals surface area contributed by atoms with Crippen molar-refractivity contribution in [3.05, 3.63) is 111 Å². The Hall–Kier alpha value is -3.80. The first-order chi connectivity index (χ1) is 21.3. The van der Waals surface area contributed by atoms with E-state index in [1.54, 1.807) is 12.0 Å². The van der Waals surface area contributed by atoms with Crippen LogP contribution < -0.4 is 9.64 Å². The highest BCUT2D eigenvalue weighted by Gasteiger charge is 2.36. The molecular weight excluding hydrogens is 591 g/mol. The van der Waals surface area contributed by atoms with Crippen molar-refractivity contribution in [3.63, 3.8) is 0 Å². The number of amides is 2. The van der Waals surface area contributed by atoms with Gasteiger partial charge in [-0.3, -0.25) is 9.69 Å². The van der Waals surface area contributed by atoms with Crippen molar-refractivity contribution in [2.24, 2.45) is 0 Å². The van der Waals surface area contributed by atoms with Crippen molar-refractivity contribution >= 4 is 46.4 Å². The number of rotatable bonds is 6. The number of urea groups is 1. The number of carbonyl (C=O) groups is 2. The number of anilines is 2. The molecule has 2 amide bonds. The minimum atomic E-state index is -0.143. The van der Waals surface area contributed by atoms with Crippen LogP contribution in [0.4, 0.5) is 16.2 Å². The van der Waals surface area contributed by atoms with E-state index in [0.29, 0.717) is 47.4 Å². The van der Waals surface area contributed by atoms with Crippen LogP contribution >= 0.6 is 23.2 Å². The van der Waals surface area contributed by atoms with Gasteiger partial charge in [0.15, 0.2) is 0 Å². The highest BCUT2D eigenvalue weighted by Crippen LogP contribution is 2.47. The summed E-state index contributed by atoms with van der Waals surface area (Å²) in [5.74, 6) is 1.30. The number of nitrogens with zero attached hydrogens (tertiary/aromatic N) is 2. The SMILES string of the molecule is CC.COc1ccc(CN2Cc3c(-c4ccccc4Cl)cc(C4CCC(=O)CC4)cc3N(c3c(C)cccc3Cl)C2=O)cc1. The Kier molecular flexibility index (Phi) is 9.97. The summed E-state index contributed by atoms with van der Waals surface area (Å²) in [7, 11) is 1.64. The number of para-hydroxylation sites is 1. The highest BCUT2D eigenvalue weighted by atomic mass is 35.5. The first kappa shape index (κ1) is 31.6. The summed E-state index contributed by atoms with van der Waals surface area (Å²) in [6, 6.07) is 25.5. The number of ether oxygens (including phenoxy) is 1. The number of halogens is 2. The maximum atomic E-state index is 14.5. The summed E-state index contributed by atoms with van der Waals surface area (Å²) in [5, 5.41) is 1.16. The minimum absolute atomic E-state index is 0.143. The maximum Gasteiger partial charge on any atom is 0.329 e. The quantitative estimate of drug-likeness (QED) is 0.213. The molecule has 0 radical (unpaired) electrons. The molecule has 0 saturated heterocycles. The zero-order valence-corrected chi connectivity index (χ0v) is 27.2.